The van der Waals surface area contributed by atoms with Gasteiger partial charge in [-0.1, -0.05) is 17.7 Å². The van der Waals surface area contributed by atoms with Crippen LogP contribution in [0.2, 0.25) is 4.34 Å². The third kappa shape index (κ3) is 3.28. The third-order valence-electron chi connectivity index (χ3n) is 2.72. The van der Waals surface area contributed by atoms with Crippen molar-refractivity contribution in [3.63, 3.8) is 0 Å². The van der Waals surface area contributed by atoms with Gasteiger partial charge in [-0.15, -0.1) is 11.3 Å². The van der Waals surface area contributed by atoms with E-state index in [0.29, 0.717) is 0 Å². The monoisotopic (exact) mass is 266 g/mol. The summed E-state index contributed by atoms with van der Waals surface area (Å²) in [6, 6.07) is 8.48. The smallest absolute Gasteiger partial charge is 0.0931 e. The van der Waals surface area contributed by atoms with Crippen LogP contribution in [0.5, 0.6) is 0 Å². The zero-order valence-corrected chi connectivity index (χ0v) is 11.4. The fourth-order valence-corrected chi connectivity index (χ4v) is 2.72. The van der Waals surface area contributed by atoms with Crippen molar-refractivity contribution >= 4 is 22.9 Å². The Bertz CT molecular complexity index is 469. The lowest BCUT2D eigenvalue weighted by Crippen LogP contribution is -2.22. The summed E-state index contributed by atoms with van der Waals surface area (Å²) in [6.07, 6.45) is 1.82. The van der Waals surface area contributed by atoms with Crippen LogP contribution in [-0.4, -0.2) is 4.98 Å². The topological polar surface area (TPSA) is 24.9 Å². The Morgan fingerprint density at radius 3 is 2.71 bits per heavy atom. The van der Waals surface area contributed by atoms with Crippen LogP contribution in [0.25, 0.3) is 0 Å². The Balaban J connectivity index is 2.02. The van der Waals surface area contributed by atoms with Gasteiger partial charge in [-0.3, -0.25) is 4.98 Å². The molecule has 0 aliphatic carbocycles. The zero-order chi connectivity index (χ0) is 12.3. The molecule has 4 heteroatoms. The fourth-order valence-electron chi connectivity index (χ4n) is 1.74. The highest BCUT2D eigenvalue weighted by atomic mass is 35.5. The van der Waals surface area contributed by atoms with Crippen molar-refractivity contribution in [1.29, 1.82) is 0 Å². The Hall–Kier alpha value is -0.900. The van der Waals surface area contributed by atoms with Crippen molar-refractivity contribution in [2.24, 2.45) is 0 Å². The summed E-state index contributed by atoms with van der Waals surface area (Å²) in [7, 11) is 0. The van der Waals surface area contributed by atoms with Gasteiger partial charge >= 0.3 is 0 Å². The van der Waals surface area contributed by atoms with Crippen molar-refractivity contribution in [3.8, 4) is 0 Å². The second-order valence-electron chi connectivity index (χ2n) is 4.05. The van der Waals surface area contributed by atoms with E-state index >= 15 is 0 Å². The molecule has 0 aliphatic rings. The third-order valence-corrected chi connectivity index (χ3v) is 3.83. The van der Waals surface area contributed by atoms with E-state index in [1.165, 1.54) is 5.56 Å². The van der Waals surface area contributed by atoms with E-state index in [0.717, 1.165) is 10.0 Å². The van der Waals surface area contributed by atoms with Crippen molar-refractivity contribution < 1.29 is 0 Å². The molecular weight excluding hydrogens is 252 g/mol. The summed E-state index contributed by atoms with van der Waals surface area (Å²) in [4.78, 5) is 4.34. The highest BCUT2D eigenvalue weighted by Gasteiger charge is 2.12. The molecule has 1 N–H and O–H groups in total. The van der Waals surface area contributed by atoms with Gasteiger partial charge in [0.1, 0.15) is 0 Å². The van der Waals surface area contributed by atoms with Gasteiger partial charge in [-0.05, 0) is 43.0 Å². The molecule has 0 radical (unpaired) electrons. The zero-order valence-electron chi connectivity index (χ0n) is 9.85. The quantitative estimate of drug-likeness (QED) is 0.897. The maximum Gasteiger partial charge on any atom is 0.0931 e. The van der Waals surface area contributed by atoms with Crippen molar-refractivity contribution in [1.82, 2.24) is 10.3 Å². The van der Waals surface area contributed by atoms with E-state index in [2.05, 4.69) is 29.5 Å². The average molecular weight is 267 g/mol. The van der Waals surface area contributed by atoms with E-state index in [1.54, 1.807) is 11.3 Å². The summed E-state index contributed by atoms with van der Waals surface area (Å²) < 4.78 is 0.833. The Kier molecular flexibility index (Phi) is 4.15. The normalized spacial score (nSPS) is 14.5. The minimum Gasteiger partial charge on any atom is -0.302 e. The van der Waals surface area contributed by atoms with Crippen molar-refractivity contribution in [3.05, 3.63) is 51.4 Å². The first-order chi connectivity index (χ1) is 8.16. The molecular formula is C13H15ClN2S. The molecule has 0 saturated heterocycles. The highest BCUT2D eigenvalue weighted by molar-refractivity contribution is 7.14. The van der Waals surface area contributed by atoms with E-state index < -0.39 is 0 Å². The number of aromatic nitrogens is 1. The molecule has 0 amide bonds. The molecule has 2 atom stereocenters. The standard InChI is InChI=1S/C13H15ClN2S/c1-9(11-7-13(14)17-8-11)16-10(2)12-5-3-4-6-15-12/h3-10,16H,1-2H3/t9?,10-/m0/s1. The predicted molar refractivity (Wildman–Crippen MR) is 73.5 cm³/mol. The molecule has 0 aromatic carbocycles. The van der Waals surface area contributed by atoms with Crippen LogP contribution in [0.4, 0.5) is 0 Å². The fraction of sp³-hybridized carbons (Fsp3) is 0.308. The summed E-state index contributed by atoms with van der Waals surface area (Å²) in [5.41, 5.74) is 2.28. The molecule has 0 aliphatic heterocycles. The largest absolute Gasteiger partial charge is 0.302 e. The number of rotatable bonds is 4. The molecule has 0 fully saturated rings. The van der Waals surface area contributed by atoms with Crippen LogP contribution in [0, 0.1) is 0 Å². The molecule has 2 nitrogen and oxygen atoms in total. The Morgan fingerprint density at radius 1 is 1.29 bits per heavy atom. The van der Waals surface area contributed by atoms with Gasteiger partial charge < -0.3 is 5.32 Å². The Labute approximate surface area is 111 Å². The first kappa shape index (κ1) is 12.6. The molecule has 2 aromatic rings. The minimum atomic E-state index is 0.227. The number of hydrogen-bond donors (Lipinski definition) is 1. The van der Waals surface area contributed by atoms with Crippen LogP contribution in [0.1, 0.15) is 37.2 Å². The second kappa shape index (κ2) is 5.63. The molecule has 17 heavy (non-hydrogen) atoms. The average Bonchev–Trinajstić information content (AvgIpc) is 2.77. The molecule has 0 spiro atoms. The summed E-state index contributed by atoms with van der Waals surface area (Å²) in [5.74, 6) is 0. The van der Waals surface area contributed by atoms with Crippen LogP contribution in [0.15, 0.2) is 35.8 Å². The maximum absolute atomic E-state index is 5.94. The summed E-state index contributed by atoms with van der Waals surface area (Å²) in [6.45, 7) is 4.25. The lowest BCUT2D eigenvalue weighted by Gasteiger charge is -2.18. The maximum atomic E-state index is 5.94. The lowest BCUT2D eigenvalue weighted by atomic mass is 10.1. The first-order valence-corrected chi connectivity index (χ1v) is 6.83. The van der Waals surface area contributed by atoms with Crippen LogP contribution in [0.3, 0.4) is 0 Å². The van der Waals surface area contributed by atoms with Crippen molar-refractivity contribution in [2.75, 3.05) is 0 Å². The van der Waals surface area contributed by atoms with Crippen molar-refractivity contribution in [2.45, 2.75) is 25.9 Å². The highest BCUT2D eigenvalue weighted by Crippen LogP contribution is 2.26. The molecule has 2 heterocycles. The number of thiophene rings is 1. The predicted octanol–water partition coefficient (Wildman–Crippen LogP) is 4.21. The van der Waals surface area contributed by atoms with Gasteiger partial charge in [-0.2, -0.15) is 0 Å². The number of halogens is 1. The number of hydrogen-bond acceptors (Lipinski definition) is 3. The van der Waals surface area contributed by atoms with E-state index in [9.17, 15) is 0 Å². The van der Waals surface area contributed by atoms with Gasteiger partial charge in [0.25, 0.3) is 0 Å². The van der Waals surface area contributed by atoms with E-state index in [-0.39, 0.29) is 12.1 Å². The molecule has 1 unspecified atom stereocenters. The van der Waals surface area contributed by atoms with Crippen LogP contribution >= 0.6 is 22.9 Å². The molecule has 2 rings (SSSR count). The number of nitrogens with one attached hydrogen (secondary N) is 1. The Morgan fingerprint density at radius 2 is 2.12 bits per heavy atom. The lowest BCUT2D eigenvalue weighted by molar-refractivity contribution is 0.487. The molecule has 0 bridgehead atoms. The van der Waals surface area contributed by atoms with Crippen LogP contribution in [-0.2, 0) is 0 Å². The van der Waals surface area contributed by atoms with E-state index in [1.807, 2.05) is 30.5 Å². The van der Waals surface area contributed by atoms with Gasteiger partial charge in [0.2, 0.25) is 0 Å². The SMILES string of the molecule is CC(N[C@@H](C)c1ccccn1)c1csc(Cl)c1. The minimum absolute atomic E-state index is 0.227. The molecule has 2 aromatic heterocycles. The molecule has 90 valence electrons. The first-order valence-electron chi connectivity index (χ1n) is 5.57. The van der Waals surface area contributed by atoms with Gasteiger partial charge in [0, 0.05) is 18.3 Å². The van der Waals surface area contributed by atoms with E-state index in [4.69, 9.17) is 11.6 Å². The molecule has 0 saturated carbocycles. The number of nitrogens with zero attached hydrogens (tertiary/aromatic N) is 1. The van der Waals surface area contributed by atoms with Gasteiger partial charge in [0.15, 0.2) is 0 Å². The van der Waals surface area contributed by atoms with Gasteiger partial charge in [0.05, 0.1) is 10.0 Å². The second-order valence-corrected chi connectivity index (χ2v) is 5.59. The number of pyridine rings is 1. The summed E-state index contributed by atoms with van der Waals surface area (Å²) >= 11 is 7.50. The summed E-state index contributed by atoms with van der Waals surface area (Å²) in [5, 5.41) is 5.60. The van der Waals surface area contributed by atoms with Crippen LogP contribution < -0.4 is 5.32 Å². The van der Waals surface area contributed by atoms with Gasteiger partial charge in [-0.25, -0.2) is 0 Å².